The number of rotatable bonds is 20. The molecule has 0 aliphatic rings. The first-order valence-corrected chi connectivity index (χ1v) is 18.9. The van der Waals surface area contributed by atoms with E-state index in [2.05, 4.69) is 39.2 Å². The molecule has 0 spiro atoms. The van der Waals surface area contributed by atoms with Gasteiger partial charge >= 0.3 is 0 Å². The van der Waals surface area contributed by atoms with Crippen LogP contribution in [0.4, 0.5) is 28.4 Å². The molecule has 3 aromatic rings. The zero-order chi connectivity index (χ0) is 37.0. The zero-order valence-electron chi connectivity index (χ0n) is 25.0. The maximum Gasteiger partial charge on any atom is 0.296 e. The van der Waals surface area contributed by atoms with E-state index in [0.29, 0.717) is 6.07 Å². The number of aromatic hydroxyl groups is 1. The molecule has 0 aliphatic heterocycles. The highest BCUT2D eigenvalue weighted by molar-refractivity contribution is 7.92. The third-order valence-corrected chi connectivity index (χ3v) is 10.8. The summed E-state index contributed by atoms with van der Waals surface area (Å²) >= 11 is 0.337. The van der Waals surface area contributed by atoms with Gasteiger partial charge in [0, 0.05) is 6.07 Å². The highest BCUT2D eigenvalue weighted by Gasteiger charge is 2.23. The Hall–Kier alpha value is -3.55. The van der Waals surface area contributed by atoms with E-state index in [1.54, 1.807) is 0 Å². The zero-order valence-corrected chi connectivity index (χ0v) is 29.0. The minimum atomic E-state index is -5.06. The van der Waals surface area contributed by atoms with Gasteiger partial charge in [-0.2, -0.15) is 8.42 Å². The molecule has 22 nitrogen and oxygen atoms in total. The van der Waals surface area contributed by atoms with Crippen LogP contribution in [0, 0.1) is 0 Å². The van der Waals surface area contributed by atoms with Crippen LogP contribution in [0.1, 0.15) is 0 Å². The monoisotopic (exact) mass is 803 g/mol. The first-order valence-electron chi connectivity index (χ1n) is 12.9. The number of sulfone groups is 2. The Morgan fingerprint density at radius 1 is 0.700 bits per heavy atom. The average Bonchev–Trinajstić information content (AvgIpc) is 3.06. The number of nitrogen functional groups attached to an aromatic ring is 1. The lowest BCUT2D eigenvalue weighted by atomic mass is 10.2. The van der Waals surface area contributed by atoms with Crippen molar-refractivity contribution in [1.82, 2.24) is 0 Å². The first-order chi connectivity index (χ1) is 23.6. The van der Waals surface area contributed by atoms with Crippen molar-refractivity contribution in [2.45, 2.75) is 14.7 Å². The number of hydrogen-bond acceptors (Lipinski definition) is 23. The number of benzene rings is 3. The van der Waals surface area contributed by atoms with Gasteiger partial charge in [0.2, 0.25) is 0 Å². The van der Waals surface area contributed by atoms with E-state index in [0.717, 1.165) is 30.3 Å². The molecular formula is C23H25N5O17S5. The van der Waals surface area contributed by atoms with Crippen LogP contribution in [0.5, 0.6) is 11.5 Å². The van der Waals surface area contributed by atoms with E-state index < -0.39 is 69.1 Å². The SMILES string of the molecule is COc1ccc(S(=O)(=O)CCOSOOO)cc1N=Nc1cc(N=Nc2ccc(S(=O)(=O)CCOSOOO)cc2S(=O)(=O)O)c(O)cc1N. The standard InChI is InChI=1S/C23H25N5O17S5/c1-39-22-5-3-14(48(32,33)8-6-40-46-44-42-30)10-20(22)28-26-18-13-19(21(29)12-16(18)24)27-25-17-4-2-15(11-23(17)50(36,37)38)49(34,35)9-7-41-47-45-43-31/h2-5,10-13,29-31H,6-9,24H2,1H3,(H,36,37,38). The maximum absolute atomic E-state index is 12.7. The molecule has 27 heteroatoms. The molecule has 3 rings (SSSR count). The minimum absolute atomic E-state index is 0.0535. The number of phenolic OH excluding ortho intramolecular Hbond substituents is 1. The third kappa shape index (κ3) is 11.8. The van der Waals surface area contributed by atoms with Crippen molar-refractivity contribution in [3.63, 3.8) is 0 Å². The Morgan fingerprint density at radius 3 is 1.78 bits per heavy atom. The first kappa shape index (κ1) is 40.9. The summed E-state index contributed by atoms with van der Waals surface area (Å²) in [6.07, 6.45) is 0. The van der Waals surface area contributed by atoms with Gasteiger partial charge in [-0.3, -0.25) is 12.9 Å². The van der Waals surface area contributed by atoms with Crippen LogP contribution in [-0.4, -0.2) is 77.3 Å². The number of nitrogens with zero attached hydrogens (tertiary/aromatic N) is 4. The fourth-order valence-electron chi connectivity index (χ4n) is 3.54. The second-order valence-electron chi connectivity index (χ2n) is 8.94. The highest BCUT2D eigenvalue weighted by atomic mass is 32.2. The largest absolute Gasteiger partial charge is 0.506 e. The van der Waals surface area contributed by atoms with Crippen molar-refractivity contribution in [3.8, 4) is 11.5 Å². The Labute approximate surface area is 291 Å². The second-order valence-corrected chi connectivity index (χ2v) is 15.6. The summed E-state index contributed by atoms with van der Waals surface area (Å²) in [5.41, 5.74) is 4.81. The number of phenols is 1. The van der Waals surface area contributed by atoms with Gasteiger partial charge < -0.3 is 15.6 Å². The topological polar surface area (TPSA) is 323 Å². The summed E-state index contributed by atoms with van der Waals surface area (Å²) in [7, 11) is -11.9. The molecule has 6 N–H and O–H groups in total. The van der Waals surface area contributed by atoms with Crippen LogP contribution < -0.4 is 10.5 Å². The van der Waals surface area contributed by atoms with Crippen molar-refractivity contribution in [2.24, 2.45) is 20.5 Å². The molecule has 0 unspecified atom stereocenters. The molecule has 0 radical (unpaired) electrons. The van der Waals surface area contributed by atoms with Crippen molar-refractivity contribution in [2.75, 3.05) is 37.6 Å². The highest BCUT2D eigenvalue weighted by Crippen LogP contribution is 2.39. The summed E-state index contributed by atoms with van der Waals surface area (Å²) in [6.45, 7) is -0.815. The van der Waals surface area contributed by atoms with Crippen LogP contribution in [0.3, 0.4) is 0 Å². The molecule has 0 amide bonds. The predicted octanol–water partition coefficient (Wildman–Crippen LogP) is 4.61. The van der Waals surface area contributed by atoms with Gasteiger partial charge in [-0.1, -0.05) is 10.1 Å². The number of anilines is 1. The summed E-state index contributed by atoms with van der Waals surface area (Å²) in [5, 5.41) is 48.6. The lowest BCUT2D eigenvalue weighted by Gasteiger charge is -2.09. The van der Waals surface area contributed by atoms with Crippen LogP contribution in [0.2, 0.25) is 0 Å². The van der Waals surface area contributed by atoms with Crippen LogP contribution in [0.25, 0.3) is 0 Å². The number of azo groups is 2. The van der Waals surface area contributed by atoms with E-state index >= 15 is 0 Å². The normalized spacial score (nSPS) is 12.6. The molecule has 0 fully saturated rings. The van der Waals surface area contributed by atoms with E-state index in [1.165, 1.54) is 19.2 Å². The van der Waals surface area contributed by atoms with Gasteiger partial charge in [-0.25, -0.2) is 27.4 Å². The summed E-state index contributed by atoms with van der Waals surface area (Å²) in [6, 6.07) is 8.38. The average molecular weight is 804 g/mol. The quantitative estimate of drug-likeness (QED) is 0.0198. The van der Waals surface area contributed by atoms with Crippen molar-refractivity contribution in [1.29, 1.82) is 0 Å². The molecule has 3 aromatic carbocycles. The van der Waals surface area contributed by atoms with Crippen LogP contribution >= 0.6 is 24.6 Å². The van der Waals surface area contributed by atoms with Crippen LogP contribution in [-0.2, 0) is 56.9 Å². The second kappa shape index (κ2) is 18.6. The summed E-state index contributed by atoms with van der Waals surface area (Å²) in [4.78, 5) is -1.65. The van der Waals surface area contributed by atoms with Gasteiger partial charge in [0.1, 0.15) is 39.1 Å². The Bertz CT molecular complexity index is 2030. The van der Waals surface area contributed by atoms with Gasteiger partial charge in [0.25, 0.3) is 10.1 Å². The number of hydrogen-bond donors (Lipinski definition) is 5. The molecule has 0 aromatic heterocycles. The van der Waals surface area contributed by atoms with E-state index in [-0.39, 0.29) is 64.6 Å². The van der Waals surface area contributed by atoms with Gasteiger partial charge in [0.05, 0.1) is 47.3 Å². The number of ether oxygens (including phenoxy) is 1. The lowest BCUT2D eigenvalue weighted by molar-refractivity contribution is -0.434. The molecule has 0 bridgehead atoms. The fraction of sp³-hybridized carbons (Fsp3) is 0.217. The molecule has 0 atom stereocenters. The summed E-state index contributed by atoms with van der Waals surface area (Å²) in [5.74, 6) is -1.60. The molecular weight excluding hydrogens is 779 g/mol. The smallest absolute Gasteiger partial charge is 0.296 e. The van der Waals surface area contributed by atoms with Gasteiger partial charge in [-0.15, -0.1) is 29.1 Å². The van der Waals surface area contributed by atoms with Crippen molar-refractivity contribution >= 4 is 82.9 Å². The molecule has 0 heterocycles. The van der Waals surface area contributed by atoms with Crippen molar-refractivity contribution in [3.05, 3.63) is 48.5 Å². The predicted molar refractivity (Wildman–Crippen MR) is 171 cm³/mol. The van der Waals surface area contributed by atoms with Crippen LogP contribution in [0.15, 0.2) is 83.7 Å². The van der Waals surface area contributed by atoms with E-state index in [1.807, 2.05) is 0 Å². The van der Waals surface area contributed by atoms with E-state index in [9.17, 15) is 34.9 Å². The fourth-order valence-corrected chi connectivity index (χ4v) is 7.12. The summed E-state index contributed by atoms with van der Waals surface area (Å²) < 4.78 is 107. The Kier molecular flexibility index (Phi) is 15.2. The Balaban J connectivity index is 1.90. The van der Waals surface area contributed by atoms with Gasteiger partial charge in [-0.05, 0) is 42.5 Å². The Morgan fingerprint density at radius 2 is 1.22 bits per heavy atom. The number of nitrogens with two attached hydrogens (primary N) is 1. The van der Waals surface area contributed by atoms with E-state index in [4.69, 9.17) is 29.4 Å². The molecule has 274 valence electrons. The molecule has 0 aliphatic carbocycles. The molecule has 50 heavy (non-hydrogen) atoms. The minimum Gasteiger partial charge on any atom is -0.506 e. The molecule has 0 saturated carbocycles. The number of methoxy groups -OCH3 is 1. The third-order valence-electron chi connectivity index (χ3n) is 5.82. The van der Waals surface area contributed by atoms with Gasteiger partial charge in [0.15, 0.2) is 44.3 Å². The molecule has 0 saturated heterocycles. The van der Waals surface area contributed by atoms with Crippen molar-refractivity contribution < 1.29 is 77.3 Å². The lowest BCUT2D eigenvalue weighted by Crippen LogP contribution is -2.12. The maximum atomic E-state index is 12.7.